The van der Waals surface area contributed by atoms with Gasteiger partial charge in [-0.25, -0.2) is 19.3 Å². The fraction of sp³-hybridized carbons (Fsp3) is 0.368. The van der Waals surface area contributed by atoms with E-state index in [1.165, 1.54) is 6.07 Å². The van der Waals surface area contributed by atoms with Gasteiger partial charge in [-0.3, -0.25) is 4.57 Å². The normalized spacial score (nSPS) is 17.6. The first-order valence-corrected chi connectivity index (χ1v) is 9.70. The van der Waals surface area contributed by atoms with Crippen molar-refractivity contribution >= 4 is 33.8 Å². The molecule has 0 aliphatic carbocycles. The van der Waals surface area contributed by atoms with Crippen LogP contribution in [0.4, 0.5) is 4.39 Å². The number of halogens is 2. The summed E-state index contributed by atoms with van der Waals surface area (Å²) in [6.45, 7) is 3.29. The second kappa shape index (κ2) is 6.79. The van der Waals surface area contributed by atoms with Gasteiger partial charge in [-0.05, 0) is 49.9 Å². The maximum Gasteiger partial charge on any atom is 0.225 e. The molecule has 1 fully saturated rings. The molecule has 1 saturated heterocycles. The van der Waals surface area contributed by atoms with Crippen LogP contribution in [0.25, 0.3) is 33.5 Å². The standard InChI is InChI=1S/C19H18ClFN6O/c1-2-26-9-22-13-8-11(7-12(21)17(13)26)15-16-18(25-19(20)24-15)27(10-23-16)14-5-3-4-6-28-14/h7-10,14H,2-6H2,1H3. The van der Waals surface area contributed by atoms with E-state index in [0.29, 0.717) is 46.6 Å². The van der Waals surface area contributed by atoms with Crippen LogP contribution in [0.15, 0.2) is 24.8 Å². The molecule has 4 heterocycles. The lowest BCUT2D eigenvalue weighted by Gasteiger charge is -2.23. The Balaban J connectivity index is 1.69. The van der Waals surface area contributed by atoms with Crippen molar-refractivity contribution in [2.75, 3.05) is 6.61 Å². The monoisotopic (exact) mass is 400 g/mol. The summed E-state index contributed by atoms with van der Waals surface area (Å²) >= 11 is 6.21. The lowest BCUT2D eigenvalue weighted by Crippen LogP contribution is -2.17. The van der Waals surface area contributed by atoms with Crippen molar-refractivity contribution in [3.8, 4) is 11.3 Å². The topological polar surface area (TPSA) is 70.7 Å². The summed E-state index contributed by atoms with van der Waals surface area (Å²) < 4.78 is 24.3. The molecule has 9 heteroatoms. The van der Waals surface area contributed by atoms with Crippen molar-refractivity contribution in [3.63, 3.8) is 0 Å². The SMILES string of the molecule is CCn1cnc2cc(-c3nc(Cl)nc4c3ncn4C3CCCCO3)cc(F)c21. The fourth-order valence-electron chi connectivity index (χ4n) is 3.78. The van der Waals surface area contributed by atoms with E-state index in [1.807, 2.05) is 11.5 Å². The average molecular weight is 401 g/mol. The second-order valence-electron chi connectivity index (χ2n) is 6.84. The first kappa shape index (κ1) is 17.5. The van der Waals surface area contributed by atoms with Gasteiger partial charge in [0.2, 0.25) is 5.28 Å². The van der Waals surface area contributed by atoms with Crippen LogP contribution in [0.2, 0.25) is 5.28 Å². The summed E-state index contributed by atoms with van der Waals surface area (Å²) in [4.78, 5) is 17.5. The predicted molar refractivity (Wildman–Crippen MR) is 104 cm³/mol. The smallest absolute Gasteiger partial charge is 0.225 e. The van der Waals surface area contributed by atoms with Gasteiger partial charge in [0.15, 0.2) is 5.65 Å². The highest BCUT2D eigenvalue weighted by Crippen LogP contribution is 2.32. The molecule has 144 valence electrons. The summed E-state index contributed by atoms with van der Waals surface area (Å²) in [5.74, 6) is -0.357. The van der Waals surface area contributed by atoms with Crippen molar-refractivity contribution < 1.29 is 9.13 Å². The van der Waals surface area contributed by atoms with E-state index in [0.717, 1.165) is 19.3 Å². The molecule has 3 aromatic heterocycles. The Morgan fingerprint density at radius 3 is 2.89 bits per heavy atom. The molecular formula is C19H18ClFN6O. The van der Waals surface area contributed by atoms with Crippen molar-refractivity contribution in [2.45, 2.75) is 39.0 Å². The first-order valence-electron chi connectivity index (χ1n) is 9.32. The fourth-order valence-corrected chi connectivity index (χ4v) is 3.94. The number of ether oxygens (including phenoxy) is 1. The van der Waals surface area contributed by atoms with Crippen LogP contribution in [-0.2, 0) is 11.3 Å². The zero-order valence-corrected chi connectivity index (χ0v) is 16.0. The molecule has 1 atom stereocenters. The Kier molecular flexibility index (Phi) is 4.25. The highest BCUT2D eigenvalue weighted by atomic mass is 35.5. The highest BCUT2D eigenvalue weighted by Gasteiger charge is 2.22. The van der Waals surface area contributed by atoms with Gasteiger partial charge in [0.1, 0.15) is 28.8 Å². The largest absolute Gasteiger partial charge is 0.358 e. The van der Waals surface area contributed by atoms with Crippen LogP contribution in [-0.4, -0.2) is 35.7 Å². The minimum absolute atomic E-state index is 0.0830. The molecule has 0 saturated carbocycles. The summed E-state index contributed by atoms with van der Waals surface area (Å²) in [6.07, 6.45) is 6.21. The Morgan fingerprint density at radius 1 is 1.21 bits per heavy atom. The molecule has 0 amide bonds. The van der Waals surface area contributed by atoms with Crippen LogP contribution in [0.5, 0.6) is 0 Å². The summed E-state index contributed by atoms with van der Waals surface area (Å²) in [6, 6.07) is 3.25. The first-order chi connectivity index (χ1) is 13.7. The van der Waals surface area contributed by atoms with Gasteiger partial charge in [0, 0.05) is 18.7 Å². The van der Waals surface area contributed by atoms with Gasteiger partial charge in [-0.1, -0.05) is 0 Å². The Labute approximate surface area is 165 Å². The number of nitrogens with zero attached hydrogens (tertiary/aromatic N) is 6. The van der Waals surface area contributed by atoms with Crippen molar-refractivity contribution in [2.24, 2.45) is 0 Å². The van der Waals surface area contributed by atoms with Crippen molar-refractivity contribution in [3.05, 3.63) is 35.9 Å². The third-order valence-electron chi connectivity index (χ3n) is 5.14. The van der Waals surface area contributed by atoms with Crippen LogP contribution in [0.3, 0.4) is 0 Å². The Morgan fingerprint density at radius 2 is 2.11 bits per heavy atom. The van der Waals surface area contributed by atoms with Gasteiger partial charge in [-0.2, -0.15) is 4.98 Å². The minimum atomic E-state index is -0.357. The zero-order valence-electron chi connectivity index (χ0n) is 15.3. The Bertz CT molecular complexity index is 1180. The molecule has 0 N–H and O–H groups in total. The summed E-state index contributed by atoms with van der Waals surface area (Å²) in [5, 5.41) is 0.0830. The molecule has 1 aliphatic heterocycles. The lowest BCUT2D eigenvalue weighted by molar-refractivity contribution is -0.0298. The van der Waals surface area contributed by atoms with Crippen molar-refractivity contribution in [1.29, 1.82) is 0 Å². The van der Waals surface area contributed by atoms with Gasteiger partial charge >= 0.3 is 0 Å². The van der Waals surface area contributed by atoms with Gasteiger partial charge in [0.05, 0.1) is 18.2 Å². The average Bonchev–Trinajstić information content (AvgIpc) is 3.32. The molecule has 1 unspecified atom stereocenters. The number of benzene rings is 1. The maximum atomic E-state index is 14.8. The Hall–Kier alpha value is -2.58. The molecule has 0 bridgehead atoms. The number of hydrogen-bond acceptors (Lipinski definition) is 5. The molecule has 5 rings (SSSR count). The quantitative estimate of drug-likeness (QED) is 0.478. The molecule has 28 heavy (non-hydrogen) atoms. The molecule has 4 aromatic rings. The summed E-state index contributed by atoms with van der Waals surface area (Å²) in [7, 11) is 0. The number of hydrogen-bond donors (Lipinski definition) is 0. The number of imidazole rings is 2. The zero-order chi connectivity index (χ0) is 19.3. The van der Waals surface area contributed by atoms with E-state index >= 15 is 0 Å². The number of aromatic nitrogens is 6. The van der Waals surface area contributed by atoms with E-state index in [9.17, 15) is 4.39 Å². The molecular weight excluding hydrogens is 383 g/mol. The third kappa shape index (κ3) is 2.75. The van der Waals surface area contributed by atoms with E-state index < -0.39 is 0 Å². The molecule has 7 nitrogen and oxygen atoms in total. The minimum Gasteiger partial charge on any atom is -0.358 e. The van der Waals surface area contributed by atoms with Crippen LogP contribution < -0.4 is 0 Å². The van der Waals surface area contributed by atoms with Gasteiger partial charge in [-0.15, -0.1) is 0 Å². The second-order valence-corrected chi connectivity index (χ2v) is 7.18. The van der Waals surface area contributed by atoms with Crippen LogP contribution >= 0.6 is 11.6 Å². The number of aryl methyl sites for hydroxylation is 1. The van der Waals surface area contributed by atoms with Gasteiger partial charge in [0.25, 0.3) is 0 Å². The molecule has 0 radical (unpaired) electrons. The van der Waals surface area contributed by atoms with Crippen molar-refractivity contribution in [1.82, 2.24) is 29.1 Å². The van der Waals surface area contributed by atoms with Gasteiger partial charge < -0.3 is 9.30 Å². The molecule has 1 aromatic carbocycles. The molecule has 1 aliphatic rings. The predicted octanol–water partition coefficient (Wildman–Crippen LogP) is 4.35. The molecule has 0 spiro atoms. The summed E-state index contributed by atoms with van der Waals surface area (Å²) in [5.41, 5.74) is 3.24. The van der Waals surface area contributed by atoms with E-state index in [1.54, 1.807) is 23.3 Å². The number of fused-ring (bicyclic) bond motifs is 2. The lowest BCUT2D eigenvalue weighted by atomic mass is 10.1. The van der Waals surface area contributed by atoms with E-state index in [2.05, 4.69) is 19.9 Å². The van der Waals surface area contributed by atoms with Crippen LogP contribution in [0.1, 0.15) is 32.4 Å². The maximum absolute atomic E-state index is 14.8. The van der Waals surface area contributed by atoms with E-state index in [-0.39, 0.29) is 17.3 Å². The number of rotatable bonds is 3. The highest BCUT2D eigenvalue weighted by molar-refractivity contribution is 6.28. The van der Waals surface area contributed by atoms with Crippen LogP contribution in [0, 0.1) is 5.82 Å². The third-order valence-corrected chi connectivity index (χ3v) is 5.31. The van der Waals surface area contributed by atoms with E-state index in [4.69, 9.17) is 16.3 Å².